The maximum atomic E-state index is 14.2. The minimum absolute atomic E-state index is 0.244. The summed E-state index contributed by atoms with van der Waals surface area (Å²) in [5.74, 6) is -0.594. The molecule has 188 valence electrons. The average molecular weight is 500 g/mol. The lowest BCUT2D eigenvalue weighted by atomic mass is 10.0. The van der Waals surface area contributed by atoms with Crippen LogP contribution in [0.5, 0.6) is 0 Å². The van der Waals surface area contributed by atoms with Crippen molar-refractivity contribution in [3.05, 3.63) is 143 Å². The fourth-order valence-corrected chi connectivity index (χ4v) is 4.70. The van der Waals surface area contributed by atoms with Crippen molar-refractivity contribution in [1.29, 1.82) is 0 Å². The Kier molecular flexibility index (Phi) is 7.27. The van der Waals surface area contributed by atoms with Gasteiger partial charge >= 0.3 is 0 Å². The van der Waals surface area contributed by atoms with Gasteiger partial charge < -0.3 is 10.2 Å². The van der Waals surface area contributed by atoms with Gasteiger partial charge in [-0.3, -0.25) is 9.59 Å². The van der Waals surface area contributed by atoms with Crippen LogP contribution in [0.4, 0.5) is 5.69 Å². The zero-order valence-electron chi connectivity index (χ0n) is 21.5. The summed E-state index contributed by atoms with van der Waals surface area (Å²) < 4.78 is 0. The Hall–Kier alpha value is -4.77. The van der Waals surface area contributed by atoms with Crippen LogP contribution in [0.1, 0.15) is 38.8 Å². The number of nitrogens with zero attached hydrogens (tertiary/aromatic N) is 2. The second-order valence-electron chi connectivity index (χ2n) is 9.38. The van der Waals surface area contributed by atoms with Gasteiger partial charge in [-0.05, 0) is 48.2 Å². The SMILES string of the molecule is Cc1cccc(C)c1NC(=O)C(c1ccccc1)N(Cc1ccccc1)C(=O)c1ccc2ccccc2n1. The first kappa shape index (κ1) is 24.9. The van der Waals surface area contributed by atoms with Crippen LogP contribution in [0.25, 0.3) is 10.9 Å². The number of fused-ring (bicyclic) bond motifs is 1. The van der Waals surface area contributed by atoms with Gasteiger partial charge in [0.25, 0.3) is 11.8 Å². The Morgan fingerprint density at radius 3 is 2.08 bits per heavy atom. The van der Waals surface area contributed by atoms with Crippen LogP contribution in [-0.2, 0) is 11.3 Å². The molecule has 0 aliphatic heterocycles. The molecule has 1 unspecified atom stereocenters. The quantitative estimate of drug-likeness (QED) is 0.266. The number of hydrogen-bond donors (Lipinski definition) is 1. The molecule has 0 bridgehead atoms. The van der Waals surface area contributed by atoms with E-state index in [0.29, 0.717) is 5.69 Å². The van der Waals surface area contributed by atoms with E-state index < -0.39 is 6.04 Å². The monoisotopic (exact) mass is 499 g/mol. The number of nitrogens with one attached hydrogen (secondary N) is 1. The first-order chi connectivity index (χ1) is 18.5. The van der Waals surface area contributed by atoms with Crippen LogP contribution in [-0.4, -0.2) is 21.7 Å². The molecule has 0 fully saturated rings. The molecule has 1 atom stereocenters. The summed E-state index contributed by atoms with van der Waals surface area (Å²) in [6.45, 7) is 4.17. The van der Waals surface area contributed by atoms with E-state index in [9.17, 15) is 9.59 Å². The summed E-state index contributed by atoms with van der Waals surface area (Å²) in [5.41, 5.74) is 5.34. The molecule has 0 saturated carbocycles. The summed E-state index contributed by atoms with van der Waals surface area (Å²) in [6.07, 6.45) is 0. The third kappa shape index (κ3) is 5.32. The fraction of sp³-hybridized carbons (Fsp3) is 0.121. The average Bonchev–Trinajstić information content (AvgIpc) is 2.95. The van der Waals surface area contributed by atoms with Crippen molar-refractivity contribution in [2.45, 2.75) is 26.4 Å². The number of aromatic nitrogens is 1. The maximum Gasteiger partial charge on any atom is 0.273 e. The van der Waals surface area contributed by atoms with E-state index in [0.717, 1.165) is 38.8 Å². The summed E-state index contributed by atoms with van der Waals surface area (Å²) in [4.78, 5) is 34.5. The van der Waals surface area contributed by atoms with Crippen LogP contribution in [0.2, 0.25) is 0 Å². The minimum atomic E-state index is -0.879. The highest BCUT2D eigenvalue weighted by Crippen LogP contribution is 2.29. The Bertz CT molecular complexity index is 1560. The molecule has 0 aliphatic rings. The van der Waals surface area contributed by atoms with Crippen LogP contribution in [0, 0.1) is 13.8 Å². The molecule has 0 spiro atoms. The molecule has 38 heavy (non-hydrogen) atoms. The maximum absolute atomic E-state index is 14.2. The van der Waals surface area contributed by atoms with Gasteiger partial charge in [-0.25, -0.2) is 4.98 Å². The Morgan fingerprint density at radius 2 is 1.37 bits per heavy atom. The minimum Gasteiger partial charge on any atom is -0.323 e. The van der Waals surface area contributed by atoms with E-state index in [1.165, 1.54) is 0 Å². The van der Waals surface area contributed by atoms with Crippen molar-refractivity contribution in [3.63, 3.8) is 0 Å². The van der Waals surface area contributed by atoms with Gasteiger partial charge in [0.2, 0.25) is 0 Å². The van der Waals surface area contributed by atoms with Gasteiger partial charge in [0.15, 0.2) is 0 Å². The highest BCUT2D eigenvalue weighted by Gasteiger charge is 2.33. The topological polar surface area (TPSA) is 62.3 Å². The summed E-state index contributed by atoms with van der Waals surface area (Å²) in [5, 5.41) is 4.08. The molecule has 0 radical (unpaired) electrons. The molecule has 5 aromatic rings. The van der Waals surface area contributed by atoms with E-state index >= 15 is 0 Å². The number of benzene rings is 4. The number of amides is 2. The predicted molar refractivity (Wildman–Crippen MR) is 152 cm³/mol. The van der Waals surface area contributed by atoms with E-state index in [4.69, 9.17) is 0 Å². The van der Waals surface area contributed by atoms with Crippen molar-refractivity contribution < 1.29 is 9.59 Å². The number of pyridine rings is 1. The largest absolute Gasteiger partial charge is 0.323 e. The van der Waals surface area contributed by atoms with Crippen molar-refractivity contribution in [2.75, 3.05) is 5.32 Å². The van der Waals surface area contributed by atoms with Gasteiger partial charge in [0.05, 0.1) is 5.52 Å². The smallest absolute Gasteiger partial charge is 0.273 e. The number of aryl methyl sites for hydroxylation is 2. The number of rotatable bonds is 7. The van der Waals surface area contributed by atoms with Crippen molar-refractivity contribution >= 4 is 28.4 Å². The van der Waals surface area contributed by atoms with Gasteiger partial charge in [-0.1, -0.05) is 103 Å². The molecule has 0 aliphatic carbocycles. The standard InChI is InChI=1S/C33H29N3O2/c1-23-12-11-13-24(2)30(23)35-32(37)31(27-17-7-4-8-18-27)36(22-25-14-5-3-6-15-25)33(38)29-21-20-26-16-9-10-19-28(26)34-29/h3-21,31H,22H2,1-2H3,(H,35,37). The molecule has 1 heterocycles. The predicted octanol–water partition coefficient (Wildman–Crippen LogP) is 6.87. The number of carbonyl (C=O) groups is 2. The molecule has 5 heteroatoms. The summed E-state index contributed by atoms with van der Waals surface area (Å²) in [6, 6.07) is 35.5. The molecule has 0 saturated heterocycles. The van der Waals surface area contributed by atoms with Crippen LogP contribution in [0.15, 0.2) is 115 Å². The second-order valence-corrected chi connectivity index (χ2v) is 9.38. The molecule has 5 rings (SSSR count). The first-order valence-corrected chi connectivity index (χ1v) is 12.6. The highest BCUT2D eigenvalue weighted by molar-refractivity contribution is 6.02. The van der Waals surface area contributed by atoms with Gasteiger partial charge in [0, 0.05) is 17.6 Å². The number of hydrogen-bond acceptors (Lipinski definition) is 3. The highest BCUT2D eigenvalue weighted by atomic mass is 16.2. The molecular weight excluding hydrogens is 470 g/mol. The third-order valence-electron chi connectivity index (χ3n) is 6.68. The number of para-hydroxylation sites is 2. The lowest BCUT2D eigenvalue weighted by Gasteiger charge is -2.32. The van der Waals surface area contributed by atoms with Gasteiger partial charge in [-0.15, -0.1) is 0 Å². The van der Waals surface area contributed by atoms with Crippen LogP contribution in [0.3, 0.4) is 0 Å². The van der Waals surface area contributed by atoms with E-state index in [-0.39, 0.29) is 18.4 Å². The Labute approximate surface area is 222 Å². The third-order valence-corrected chi connectivity index (χ3v) is 6.68. The molecule has 1 aromatic heterocycles. The lowest BCUT2D eigenvalue weighted by Crippen LogP contribution is -2.41. The number of anilines is 1. The number of carbonyl (C=O) groups excluding carboxylic acids is 2. The normalized spacial score (nSPS) is 11.6. The van der Waals surface area contributed by atoms with Crippen LogP contribution < -0.4 is 5.32 Å². The fourth-order valence-electron chi connectivity index (χ4n) is 4.70. The molecular formula is C33H29N3O2. The van der Waals surface area contributed by atoms with Gasteiger partial charge in [-0.2, -0.15) is 0 Å². The molecule has 2 amide bonds. The van der Waals surface area contributed by atoms with Gasteiger partial charge in [0.1, 0.15) is 11.7 Å². The van der Waals surface area contributed by atoms with E-state index in [1.54, 1.807) is 11.0 Å². The van der Waals surface area contributed by atoms with Crippen molar-refractivity contribution in [3.8, 4) is 0 Å². The Balaban J connectivity index is 1.61. The zero-order valence-corrected chi connectivity index (χ0v) is 21.5. The Morgan fingerprint density at radius 1 is 0.737 bits per heavy atom. The van der Waals surface area contributed by atoms with Crippen LogP contribution >= 0.6 is 0 Å². The lowest BCUT2D eigenvalue weighted by molar-refractivity contribution is -0.121. The van der Waals surface area contributed by atoms with E-state index in [1.807, 2.05) is 123 Å². The molecule has 4 aromatic carbocycles. The van der Waals surface area contributed by atoms with Crippen molar-refractivity contribution in [1.82, 2.24) is 9.88 Å². The molecule has 1 N–H and O–H groups in total. The first-order valence-electron chi connectivity index (χ1n) is 12.6. The van der Waals surface area contributed by atoms with Crippen molar-refractivity contribution in [2.24, 2.45) is 0 Å². The summed E-state index contributed by atoms with van der Waals surface area (Å²) >= 11 is 0. The zero-order chi connectivity index (χ0) is 26.5. The molecule has 5 nitrogen and oxygen atoms in total. The summed E-state index contributed by atoms with van der Waals surface area (Å²) in [7, 11) is 0. The second kappa shape index (κ2) is 11.1. The van der Waals surface area contributed by atoms with E-state index in [2.05, 4.69) is 10.3 Å².